The fraction of sp³-hybridized carbons (Fsp3) is 0.400. The van der Waals surface area contributed by atoms with Gasteiger partial charge in [0.05, 0.1) is 10.7 Å². The molecule has 16 heavy (non-hydrogen) atoms. The minimum absolute atomic E-state index is 0.0317. The summed E-state index contributed by atoms with van der Waals surface area (Å²) >= 11 is 6.58. The summed E-state index contributed by atoms with van der Waals surface area (Å²) in [5.74, 6) is 0.407. The number of halogens is 3. The Morgan fingerprint density at radius 2 is 2.38 bits per heavy atom. The van der Waals surface area contributed by atoms with Gasteiger partial charge >= 0.3 is 0 Å². The summed E-state index contributed by atoms with van der Waals surface area (Å²) in [5.41, 5.74) is 0. The molecule has 0 radical (unpaired) electrons. The largest absolute Gasteiger partial charge is 0.296 e. The summed E-state index contributed by atoms with van der Waals surface area (Å²) in [4.78, 5) is 17.3. The van der Waals surface area contributed by atoms with Gasteiger partial charge < -0.3 is 0 Å². The highest BCUT2D eigenvalue weighted by Crippen LogP contribution is 2.30. The molecule has 86 valence electrons. The van der Waals surface area contributed by atoms with Crippen molar-refractivity contribution in [3.63, 3.8) is 0 Å². The summed E-state index contributed by atoms with van der Waals surface area (Å²) in [5, 5.41) is 0.786. The Labute approximate surface area is 109 Å². The van der Waals surface area contributed by atoms with Gasteiger partial charge in [0, 0.05) is 18.3 Å². The van der Waals surface area contributed by atoms with Crippen LogP contribution in [0.15, 0.2) is 16.7 Å². The Morgan fingerprint density at radius 1 is 1.62 bits per heavy atom. The van der Waals surface area contributed by atoms with Crippen LogP contribution in [-0.4, -0.2) is 22.8 Å². The Hall–Kier alpha value is -0.490. The lowest BCUT2D eigenvalue weighted by Gasteiger charge is -2.16. The molecule has 2 rings (SSSR count). The quantitative estimate of drug-likeness (QED) is 0.767. The smallest absolute Gasteiger partial charge is 0.228 e. The first-order valence-electron chi connectivity index (χ1n) is 4.79. The van der Waals surface area contributed by atoms with E-state index in [0.717, 1.165) is 11.5 Å². The third-order valence-electron chi connectivity index (χ3n) is 2.47. The Morgan fingerprint density at radius 3 is 2.94 bits per heavy atom. The molecule has 0 saturated carbocycles. The van der Waals surface area contributed by atoms with E-state index in [1.54, 1.807) is 4.90 Å². The number of alkyl halides is 1. The molecule has 0 spiro atoms. The highest BCUT2D eigenvalue weighted by molar-refractivity contribution is 9.10. The highest BCUT2D eigenvalue weighted by Gasteiger charge is 2.31. The molecule has 1 saturated heterocycles. The van der Waals surface area contributed by atoms with E-state index < -0.39 is 5.82 Å². The van der Waals surface area contributed by atoms with Crippen LogP contribution in [0.4, 0.5) is 10.2 Å². The Balaban J connectivity index is 2.28. The minimum atomic E-state index is -0.417. The molecule has 1 aromatic rings. The summed E-state index contributed by atoms with van der Waals surface area (Å²) in [7, 11) is 0. The standard InChI is InChI=1S/C10H9Br2FN2O/c11-3-6-1-9(16)15(5-6)10-8(12)2-7(13)4-14-10/h2,4,6H,1,3,5H2. The van der Waals surface area contributed by atoms with Crippen LogP contribution < -0.4 is 4.90 Å². The molecule has 1 aromatic heterocycles. The molecule has 6 heteroatoms. The number of nitrogens with zero attached hydrogens (tertiary/aromatic N) is 2. The molecule has 0 bridgehead atoms. The lowest BCUT2D eigenvalue weighted by molar-refractivity contribution is -0.117. The highest BCUT2D eigenvalue weighted by atomic mass is 79.9. The second kappa shape index (κ2) is 4.79. The van der Waals surface area contributed by atoms with E-state index in [4.69, 9.17) is 0 Å². The van der Waals surface area contributed by atoms with Gasteiger partial charge in [-0.25, -0.2) is 9.37 Å². The van der Waals surface area contributed by atoms with Gasteiger partial charge in [-0.2, -0.15) is 0 Å². The summed E-state index contributed by atoms with van der Waals surface area (Å²) in [6.07, 6.45) is 1.63. The molecule has 3 nitrogen and oxygen atoms in total. The molecular formula is C10H9Br2FN2O. The van der Waals surface area contributed by atoms with Crippen LogP contribution in [0, 0.1) is 11.7 Å². The molecule has 1 fully saturated rings. The van der Waals surface area contributed by atoms with Crippen molar-refractivity contribution in [1.82, 2.24) is 4.98 Å². The Kier molecular flexibility index (Phi) is 3.59. The average Bonchev–Trinajstić information content (AvgIpc) is 2.60. The van der Waals surface area contributed by atoms with Crippen LogP contribution >= 0.6 is 31.9 Å². The Bertz CT molecular complexity index is 427. The molecule has 0 aliphatic carbocycles. The topological polar surface area (TPSA) is 33.2 Å². The van der Waals surface area contributed by atoms with Gasteiger partial charge in [0.2, 0.25) is 5.91 Å². The maximum Gasteiger partial charge on any atom is 0.228 e. The molecule has 1 aliphatic heterocycles. The van der Waals surface area contributed by atoms with Crippen LogP contribution in [-0.2, 0) is 4.79 Å². The SMILES string of the molecule is O=C1CC(CBr)CN1c1ncc(F)cc1Br. The van der Waals surface area contributed by atoms with E-state index in [2.05, 4.69) is 36.8 Å². The van der Waals surface area contributed by atoms with Gasteiger partial charge in [0.15, 0.2) is 0 Å². The number of hydrogen-bond donors (Lipinski definition) is 0. The summed E-state index contributed by atoms with van der Waals surface area (Å²) in [6, 6.07) is 1.32. The molecule has 0 aromatic carbocycles. The zero-order chi connectivity index (χ0) is 11.7. The van der Waals surface area contributed by atoms with Crippen LogP contribution in [0.3, 0.4) is 0 Å². The van der Waals surface area contributed by atoms with Crippen LogP contribution in [0.2, 0.25) is 0 Å². The number of rotatable bonds is 2. The first-order chi connectivity index (χ1) is 7.61. The van der Waals surface area contributed by atoms with Crippen molar-refractivity contribution in [2.45, 2.75) is 6.42 Å². The molecular weight excluding hydrogens is 343 g/mol. The van der Waals surface area contributed by atoms with Crippen molar-refractivity contribution >= 4 is 43.6 Å². The van der Waals surface area contributed by atoms with Crippen molar-refractivity contribution in [2.75, 3.05) is 16.8 Å². The second-order valence-corrected chi connectivity index (χ2v) is 5.19. The maximum absolute atomic E-state index is 12.9. The number of anilines is 1. The number of carbonyl (C=O) groups is 1. The minimum Gasteiger partial charge on any atom is -0.296 e. The monoisotopic (exact) mass is 350 g/mol. The van der Waals surface area contributed by atoms with Crippen molar-refractivity contribution in [2.24, 2.45) is 5.92 Å². The van der Waals surface area contributed by atoms with E-state index in [1.165, 1.54) is 6.07 Å². The lowest BCUT2D eigenvalue weighted by atomic mass is 10.2. The van der Waals surface area contributed by atoms with Crippen LogP contribution in [0.25, 0.3) is 0 Å². The third kappa shape index (κ3) is 2.27. The molecule has 2 heterocycles. The van der Waals surface area contributed by atoms with Gasteiger partial charge in [-0.1, -0.05) is 15.9 Å². The predicted molar refractivity (Wildman–Crippen MR) is 66.1 cm³/mol. The summed E-state index contributed by atoms with van der Waals surface area (Å²) in [6.45, 7) is 0.626. The zero-order valence-electron chi connectivity index (χ0n) is 8.29. The molecule has 1 amide bonds. The maximum atomic E-state index is 12.9. The van der Waals surface area contributed by atoms with E-state index in [9.17, 15) is 9.18 Å². The average molecular weight is 352 g/mol. The van der Waals surface area contributed by atoms with Gasteiger partial charge in [0.1, 0.15) is 11.6 Å². The van der Waals surface area contributed by atoms with Gasteiger partial charge in [-0.15, -0.1) is 0 Å². The van der Waals surface area contributed by atoms with E-state index in [0.29, 0.717) is 29.2 Å². The number of amides is 1. The van der Waals surface area contributed by atoms with Crippen molar-refractivity contribution in [1.29, 1.82) is 0 Å². The van der Waals surface area contributed by atoms with E-state index >= 15 is 0 Å². The van der Waals surface area contributed by atoms with Crippen molar-refractivity contribution in [3.8, 4) is 0 Å². The first-order valence-corrected chi connectivity index (χ1v) is 6.70. The van der Waals surface area contributed by atoms with Crippen LogP contribution in [0.5, 0.6) is 0 Å². The predicted octanol–water partition coefficient (Wildman–Crippen LogP) is 2.73. The van der Waals surface area contributed by atoms with E-state index in [1.807, 2.05) is 0 Å². The van der Waals surface area contributed by atoms with Crippen molar-refractivity contribution in [3.05, 3.63) is 22.6 Å². The zero-order valence-corrected chi connectivity index (χ0v) is 11.5. The molecule has 1 atom stereocenters. The van der Waals surface area contributed by atoms with Crippen LogP contribution in [0.1, 0.15) is 6.42 Å². The normalized spacial score (nSPS) is 20.6. The van der Waals surface area contributed by atoms with Crippen molar-refractivity contribution < 1.29 is 9.18 Å². The third-order valence-corrected chi connectivity index (χ3v) is 3.97. The van der Waals surface area contributed by atoms with E-state index in [-0.39, 0.29) is 5.91 Å². The fourth-order valence-electron chi connectivity index (χ4n) is 1.70. The second-order valence-electron chi connectivity index (χ2n) is 3.69. The van der Waals surface area contributed by atoms with Gasteiger partial charge in [0.25, 0.3) is 0 Å². The van der Waals surface area contributed by atoms with Gasteiger partial charge in [-0.05, 0) is 27.9 Å². The number of aromatic nitrogens is 1. The number of pyridine rings is 1. The number of hydrogen-bond acceptors (Lipinski definition) is 2. The first kappa shape index (κ1) is 12.0. The molecule has 0 N–H and O–H groups in total. The fourth-order valence-corrected chi connectivity index (χ4v) is 2.66. The molecule has 1 unspecified atom stereocenters. The van der Waals surface area contributed by atoms with Gasteiger partial charge in [-0.3, -0.25) is 9.69 Å². The number of carbonyl (C=O) groups excluding carboxylic acids is 1. The summed E-state index contributed by atoms with van der Waals surface area (Å²) < 4.78 is 13.4. The lowest BCUT2D eigenvalue weighted by Crippen LogP contribution is -2.26. The molecule has 1 aliphatic rings.